The Balaban J connectivity index is 1.56. The van der Waals surface area contributed by atoms with Crippen LogP contribution in [0.1, 0.15) is 35.8 Å². The second-order valence-corrected chi connectivity index (χ2v) is 7.45. The monoisotopic (exact) mass is 344 g/mol. The SMILES string of the molecule is Cc1cc2n(n1)C(c1ccc(N3CCCC3)cc1)Nc1c(C)cccc1-2. The van der Waals surface area contributed by atoms with E-state index in [1.54, 1.807) is 0 Å². The molecule has 0 amide bonds. The molecule has 1 aromatic heterocycles. The van der Waals surface area contributed by atoms with Crippen LogP contribution in [0, 0.1) is 13.8 Å². The number of aryl methyl sites for hydroxylation is 2. The predicted molar refractivity (Wildman–Crippen MR) is 107 cm³/mol. The third-order valence-electron chi connectivity index (χ3n) is 5.61. The van der Waals surface area contributed by atoms with Crippen LogP contribution >= 0.6 is 0 Å². The van der Waals surface area contributed by atoms with E-state index in [0.717, 1.165) is 5.69 Å². The van der Waals surface area contributed by atoms with Gasteiger partial charge in [0.05, 0.1) is 11.4 Å². The van der Waals surface area contributed by atoms with Crippen LogP contribution < -0.4 is 10.2 Å². The summed E-state index contributed by atoms with van der Waals surface area (Å²) in [5.74, 6) is 0. The van der Waals surface area contributed by atoms with E-state index in [1.807, 2.05) is 0 Å². The third kappa shape index (κ3) is 2.40. The molecule has 1 N–H and O–H groups in total. The van der Waals surface area contributed by atoms with Crippen molar-refractivity contribution < 1.29 is 0 Å². The fourth-order valence-corrected chi connectivity index (χ4v) is 4.25. The number of anilines is 2. The molecule has 1 fully saturated rings. The van der Waals surface area contributed by atoms with Crippen molar-refractivity contribution in [3.63, 3.8) is 0 Å². The van der Waals surface area contributed by atoms with Gasteiger partial charge in [-0.1, -0.05) is 30.3 Å². The number of aromatic nitrogens is 2. The number of fused-ring (bicyclic) bond motifs is 3. The highest BCUT2D eigenvalue weighted by atomic mass is 15.4. The summed E-state index contributed by atoms with van der Waals surface area (Å²) in [5.41, 5.74) is 8.53. The fourth-order valence-electron chi connectivity index (χ4n) is 4.25. The number of hydrogen-bond acceptors (Lipinski definition) is 3. The molecule has 0 saturated carbocycles. The lowest BCUT2D eigenvalue weighted by molar-refractivity contribution is 0.570. The number of nitrogens with zero attached hydrogens (tertiary/aromatic N) is 3. The van der Waals surface area contributed by atoms with E-state index in [9.17, 15) is 0 Å². The Labute approximate surface area is 154 Å². The number of rotatable bonds is 2. The van der Waals surface area contributed by atoms with Crippen molar-refractivity contribution >= 4 is 11.4 Å². The van der Waals surface area contributed by atoms with E-state index < -0.39 is 0 Å². The van der Waals surface area contributed by atoms with Gasteiger partial charge in [-0.2, -0.15) is 5.10 Å². The van der Waals surface area contributed by atoms with Gasteiger partial charge in [-0.05, 0) is 56.0 Å². The first-order valence-electron chi connectivity index (χ1n) is 9.48. The standard InChI is InChI=1S/C22H24N4/c1-15-6-5-7-19-20-14-16(2)24-26(20)22(23-21(15)19)17-8-10-18(11-9-17)25-12-3-4-13-25/h5-11,14,22-23H,3-4,12-13H2,1-2H3. The molecule has 0 spiro atoms. The van der Waals surface area contributed by atoms with Crippen LogP contribution in [0.2, 0.25) is 0 Å². The van der Waals surface area contributed by atoms with Gasteiger partial charge in [0.25, 0.3) is 0 Å². The Morgan fingerprint density at radius 3 is 2.54 bits per heavy atom. The van der Waals surface area contributed by atoms with Crippen LogP contribution in [0.4, 0.5) is 11.4 Å². The van der Waals surface area contributed by atoms with Gasteiger partial charge < -0.3 is 10.2 Å². The molecule has 4 nitrogen and oxygen atoms in total. The summed E-state index contributed by atoms with van der Waals surface area (Å²) in [6, 6.07) is 17.6. The molecule has 0 bridgehead atoms. The summed E-state index contributed by atoms with van der Waals surface area (Å²) >= 11 is 0. The zero-order valence-corrected chi connectivity index (χ0v) is 15.4. The average Bonchev–Trinajstić information content (AvgIpc) is 3.31. The van der Waals surface area contributed by atoms with Crippen molar-refractivity contribution in [3.8, 4) is 11.3 Å². The highest BCUT2D eigenvalue weighted by Gasteiger charge is 2.27. The maximum atomic E-state index is 4.78. The largest absolute Gasteiger partial charge is 0.372 e. The summed E-state index contributed by atoms with van der Waals surface area (Å²) in [6.45, 7) is 6.58. The molecule has 4 heteroatoms. The first-order valence-corrected chi connectivity index (χ1v) is 9.48. The third-order valence-corrected chi connectivity index (χ3v) is 5.61. The van der Waals surface area contributed by atoms with Gasteiger partial charge in [-0.15, -0.1) is 0 Å². The molecule has 1 saturated heterocycles. The normalized spacial score (nSPS) is 18.4. The average molecular weight is 344 g/mol. The van der Waals surface area contributed by atoms with Gasteiger partial charge in [0.1, 0.15) is 6.17 Å². The Morgan fingerprint density at radius 1 is 1.00 bits per heavy atom. The van der Waals surface area contributed by atoms with Crippen molar-refractivity contribution in [1.29, 1.82) is 0 Å². The number of hydrogen-bond donors (Lipinski definition) is 1. The Kier molecular flexibility index (Phi) is 3.52. The molecule has 2 aromatic carbocycles. The number of benzene rings is 2. The molecule has 0 aliphatic carbocycles. The molecule has 1 unspecified atom stereocenters. The highest BCUT2D eigenvalue weighted by Crippen LogP contribution is 2.40. The molecular weight excluding hydrogens is 320 g/mol. The van der Waals surface area contributed by atoms with E-state index in [0.29, 0.717) is 0 Å². The first-order chi connectivity index (χ1) is 12.7. The quantitative estimate of drug-likeness (QED) is 0.729. The van der Waals surface area contributed by atoms with Crippen LogP contribution in [-0.4, -0.2) is 22.9 Å². The van der Waals surface area contributed by atoms with Gasteiger partial charge in [0, 0.05) is 30.0 Å². The molecule has 26 heavy (non-hydrogen) atoms. The molecule has 3 heterocycles. The van der Waals surface area contributed by atoms with Crippen LogP contribution in [0.25, 0.3) is 11.3 Å². The lowest BCUT2D eigenvalue weighted by Gasteiger charge is -2.30. The maximum Gasteiger partial charge on any atom is 0.147 e. The highest BCUT2D eigenvalue weighted by molar-refractivity contribution is 5.81. The predicted octanol–water partition coefficient (Wildman–Crippen LogP) is 4.74. The minimum absolute atomic E-state index is 0.0277. The Bertz CT molecular complexity index is 949. The van der Waals surface area contributed by atoms with Crippen LogP contribution in [0.3, 0.4) is 0 Å². The lowest BCUT2D eigenvalue weighted by atomic mass is 10.0. The zero-order chi connectivity index (χ0) is 17.7. The van der Waals surface area contributed by atoms with Gasteiger partial charge in [-0.3, -0.25) is 0 Å². The Morgan fingerprint density at radius 2 is 1.77 bits per heavy atom. The van der Waals surface area contributed by atoms with Crippen molar-refractivity contribution in [1.82, 2.24) is 9.78 Å². The minimum Gasteiger partial charge on any atom is -0.372 e. The molecular formula is C22H24N4. The molecule has 5 rings (SSSR count). The minimum atomic E-state index is 0.0277. The summed E-state index contributed by atoms with van der Waals surface area (Å²) in [6.07, 6.45) is 2.63. The molecule has 2 aliphatic heterocycles. The van der Waals surface area contributed by atoms with E-state index in [4.69, 9.17) is 5.10 Å². The number of nitrogens with one attached hydrogen (secondary N) is 1. The van der Waals surface area contributed by atoms with Gasteiger partial charge in [0.2, 0.25) is 0 Å². The summed E-state index contributed by atoms with van der Waals surface area (Å²) in [5, 5.41) is 8.51. The smallest absolute Gasteiger partial charge is 0.147 e. The topological polar surface area (TPSA) is 33.1 Å². The van der Waals surface area contributed by atoms with E-state index >= 15 is 0 Å². The lowest BCUT2D eigenvalue weighted by Crippen LogP contribution is -2.26. The Hall–Kier alpha value is -2.75. The van der Waals surface area contributed by atoms with Gasteiger partial charge in [-0.25, -0.2) is 4.68 Å². The fraction of sp³-hybridized carbons (Fsp3) is 0.318. The number of para-hydroxylation sites is 1. The second kappa shape index (κ2) is 5.90. The molecule has 3 aromatic rings. The maximum absolute atomic E-state index is 4.78. The van der Waals surface area contributed by atoms with E-state index in [1.165, 1.54) is 59.7 Å². The van der Waals surface area contributed by atoms with E-state index in [-0.39, 0.29) is 6.17 Å². The van der Waals surface area contributed by atoms with Crippen molar-refractivity contribution in [2.75, 3.05) is 23.3 Å². The van der Waals surface area contributed by atoms with Crippen LogP contribution in [-0.2, 0) is 0 Å². The van der Waals surface area contributed by atoms with Crippen LogP contribution in [0.5, 0.6) is 0 Å². The van der Waals surface area contributed by atoms with Crippen LogP contribution in [0.15, 0.2) is 48.5 Å². The molecule has 2 aliphatic rings. The molecule has 0 radical (unpaired) electrons. The first kappa shape index (κ1) is 15.5. The zero-order valence-electron chi connectivity index (χ0n) is 15.4. The van der Waals surface area contributed by atoms with Gasteiger partial charge in [0.15, 0.2) is 0 Å². The van der Waals surface area contributed by atoms with Gasteiger partial charge >= 0.3 is 0 Å². The molecule has 1 atom stereocenters. The second-order valence-electron chi connectivity index (χ2n) is 7.45. The summed E-state index contributed by atoms with van der Waals surface area (Å²) < 4.78 is 2.13. The van der Waals surface area contributed by atoms with Crippen molar-refractivity contribution in [2.45, 2.75) is 32.9 Å². The summed E-state index contributed by atoms with van der Waals surface area (Å²) in [4.78, 5) is 2.47. The summed E-state index contributed by atoms with van der Waals surface area (Å²) in [7, 11) is 0. The van der Waals surface area contributed by atoms with Crippen molar-refractivity contribution in [2.24, 2.45) is 0 Å². The molecule has 132 valence electrons. The van der Waals surface area contributed by atoms with E-state index in [2.05, 4.69) is 77.3 Å². The van der Waals surface area contributed by atoms with Crippen molar-refractivity contribution in [3.05, 3.63) is 65.4 Å².